The molecular weight excluding hydrogens is 715 g/mol. The van der Waals surface area contributed by atoms with E-state index in [1.54, 1.807) is 5.57 Å². The Hall–Kier alpha value is -5.54. The van der Waals surface area contributed by atoms with E-state index in [4.69, 9.17) is 0 Å². The van der Waals surface area contributed by atoms with Gasteiger partial charge in [-0.15, -0.1) is 0 Å². The minimum Gasteiger partial charge on any atom is -0.337 e. The highest BCUT2D eigenvalue weighted by atomic mass is 15.2. The molecular formula is C56H59N3. The van der Waals surface area contributed by atoms with Crippen LogP contribution in [0.5, 0.6) is 0 Å². The van der Waals surface area contributed by atoms with E-state index in [1.165, 1.54) is 111 Å². The molecule has 298 valence electrons. The van der Waals surface area contributed by atoms with Gasteiger partial charge in [0.05, 0.1) is 28.3 Å². The van der Waals surface area contributed by atoms with Gasteiger partial charge < -0.3 is 14.4 Å². The Balaban J connectivity index is 1.35. The number of allylic oxidation sites excluding steroid dienone is 4. The van der Waals surface area contributed by atoms with Crippen molar-refractivity contribution in [2.24, 2.45) is 5.92 Å². The van der Waals surface area contributed by atoms with E-state index in [2.05, 4.69) is 201 Å². The first kappa shape index (κ1) is 37.7. The molecule has 0 amide bonds. The smallest absolute Gasteiger partial charge is 0.0583 e. The van der Waals surface area contributed by atoms with Crippen LogP contribution in [0.25, 0.3) is 28.2 Å². The molecule has 1 aromatic heterocycles. The third-order valence-electron chi connectivity index (χ3n) is 14.4. The molecule has 0 N–H and O–H groups in total. The summed E-state index contributed by atoms with van der Waals surface area (Å²) in [4.78, 5) is 5.29. The third-order valence-corrected chi connectivity index (χ3v) is 14.4. The molecule has 0 radical (unpaired) electrons. The summed E-state index contributed by atoms with van der Waals surface area (Å²) in [6.07, 6.45) is 7.15. The lowest BCUT2D eigenvalue weighted by Gasteiger charge is -2.45. The Morgan fingerprint density at radius 1 is 0.627 bits per heavy atom. The van der Waals surface area contributed by atoms with Gasteiger partial charge in [0.15, 0.2) is 0 Å². The predicted octanol–water partition coefficient (Wildman–Crippen LogP) is 13.0. The molecule has 0 saturated heterocycles. The standard InChI is InChI=1S/C56H59N3/c1-32-16-13-18-40(26-32)57(50-36(5)22-34(3)23-37(50)6)42-28-44-45-29-43(58(41-19-14-17-33(2)27-41)51-38(7)24-35(4)25-39(51)8)31-49-53(45)59-52(44)48(30-42)55(9,10)46-20-15-21-47(54(46)59)56(49,11)12/h13-24,26-30,39,43H,25,31H2,1-12H3. The van der Waals surface area contributed by atoms with Crippen molar-refractivity contribution >= 4 is 45.3 Å². The molecule has 0 bridgehead atoms. The van der Waals surface area contributed by atoms with E-state index < -0.39 is 0 Å². The lowest BCUT2D eigenvalue weighted by Crippen LogP contribution is -2.50. The SMILES string of the molecule is CC1=CC(C)=C(N(c2cccc(C)c2)C2C=c3c4n5c6c(cc(N(c7cccc(C)c7)c7c(C)cc(C)cc7C)cc36)C(C)(C)c3cccc(c3-5)C(C)(C)C=4C2)C(C)C1. The van der Waals surface area contributed by atoms with Crippen LogP contribution in [0.3, 0.4) is 0 Å². The van der Waals surface area contributed by atoms with E-state index in [0.717, 1.165) is 12.8 Å². The lowest BCUT2D eigenvalue weighted by atomic mass is 9.67. The van der Waals surface area contributed by atoms with Crippen LogP contribution in [0, 0.1) is 40.5 Å². The summed E-state index contributed by atoms with van der Waals surface area (Å²) in [5.74, 6) is 0.411. The Morgan fingerprint density at radius 3 is 1.92 bits per heavy atom. The third kappa shape index (κ3) is 5.46. The van der Waals surface area contributed by atoms with Gasteiger partial charge in [-0.25, -0.2) is 0 Å². The van der Waals surface area contributed by atoms with Crippen LogP contribution in [0.15, 0.2) is 114 Å². The first-order valence-electron chi connectivity index (χ1n) is 21.8. The Morgan fingerprint density at radius 2 is 1.25 bits per heavy atom. The monoisotopic (exact) mass is 773 g/mol. The van der Waals surface area contributed by atoms with Crippen molar-refractivity contribution in [3.8, 4) is 5.69 Å². The van der Waals surface area contributed by atoms with Crippen LogP contribution in [0.2, 0.25) is 0 Å². The number of aromatic nitrogens is 1. The van der Waals surface area contributed by atoms with Gasteiger partial charge >= 0.3 is 0 Å². The number of hydrogen-bond donors (Lipinski definition) is 0. The minimum atomic E-state index is -0.226. The number of benzene rings is 5. The second-order valence-corrected chi connectivity index (χ2v) is 19.7. The van der Waals surface area contributed by atoms with Crippen LogP contribution in [-0.4, -0.2) is 10.6 Å². The second kappa shape index (κ2) is 13.0. The molecule has 2 aliphatic heterocycles. The maximum atomic E-state index is 2.74. The van der Waals surface area contributed by atoms with Crippen LogP contribution < -0.4 is 20.4 Å². The minimum absolute atomic E-state index is 0.136. The van der Waals surface area contributed by atoms with Crippen molar-refractivity contribution in [2.75, 3.05) is 9.80 Å². The van der Waals surface area contributed by atoms with E-state index in [-0.39, 0.29) is 16.9 Å². The quantitative estimate of drug-likeness (QED) is 0.167. The molecule has 0 saturated carbocycles. The van der Waals surface area contributed by atoms with Gasteiger partial charge in [-0.3, -0.25) is 0 Å². The van der Waals surface area contributed by atoms with Crippen LogP contribution in [0.1, 0.15) is 106 Å². The molecule has 3 nitrogen and oxygen atoms in total. The number of hydrogen-bond acceptors (Lipinski definition) is 2. The fourth-order valence-corrected chi connectivity index (χ4v) is 12.0. The normalized spacial score (nSPS) is 19.5. The van der Waals surface area contributed by atoms with Crippen molar-refractivity contribution in [1.82, 2.24) is 4.57 Å². The van der Waals surface area contributed by atoms with Gasteiger partial charge in [-0.05, 0) is 148 Å². The highest BCUT2D eigenvalue weighted by Gasteiger charge is 2.45. The van der Waals surface area contributed by atoms with Crippen molar-refractivity contribution in [1.29, 1.82) is 0 Å². The summed E-state index contributed by atoms with van der Waals surface area (Å²) in [5.41, 5.74) is 23.9. The van der Waals surface area contributed by atoms with Crippen molar-refractivity contribution in [2.45, 2.75) is 113 Å². The van der Waals surface area contributed by atoms with E-state index in [0.29, 0.717) is 5.92 Å². The fourth-order valence-electron chi connectivity index (χ4n) is 12.0. The number of anilines is 4. The summed E-state index contributed by atoms with van der Waals surface area (Å²) in [6.45, 7) is 28.2. The molecule has 2 unspecified atom stereocenters. The van der Waals surface area contributed by atoms with Crippen molar-refractivity contribution in [3.05, 3.63) is 169 Å². The van der Waals surface area contributed by atoms with Crippen LogP contribution in [-0.2, 0) is 10.8 Å². The maximum Gasteiger partial charge on any atom is 0.0583 e. The largest absolute Gasteiger partial charge is 0.337 e. The highest BCUT2D eigenvalue weighted by molar-refractivity contribution is 5.98. The summed E-state index contributed by atoms with van der Waals surface area (Å²) in [6, 6.07) is 35.4. The van der Waals surface area contributed by atoms with Crippen molar-refractivity contribution < 1.29 is 0 Å². The molecule has 2 atom stereocenters. The zero-order valence-electron chi connectivity index (χ0n) is 37.2. The summed E-state index contributed by atoms with van der Waals surface area (Å²) in [5, 5.41) is 4.15. The number of fused-ring (bicyclic) bond motifs is 1. The average Bonchev–Trinajstić information content (AvgIpc) is 3.49. The van der Waals surface area contributed by atoms with Gasteiger partial charge in [-0.1, -0.05) is 113 Å². The molecule has 3 heterocycles. The van der Waals surface area contributed by atoms with E-state index >= 15 is 0 Å². The van der Waals surface area contributed by atoms with E-state index in [1.807, 2.05) is 0 Å². The van der Waals surface area contributed by atoms with Gasteiger partial charge in [-0.2, -0.15) is 0 Å². The Bertz CT molecular complexity index is 2970. The molecule has 2 aliphatic carbocycles. The van der Waals surface area contributed by atoms with Crippen molar-refractivity contribution in [3.63, 3.8) is 0 Å². The number of nitrogens with zero attached hydrogens (tertiary/aromatic N) is 3. The fraction of sp³-hybridized carbons (Fsp3) is 0.321. The highest BCUT2D eigenvalue weighted by Crippen LogP contribution is 2.53. The van der Waals surface area contributed by atoms with Gasteiger partial charge in [0.1, 0.15) is 0 Å². The summed E-state index contributed by atoms with van der Waals surface area (Å²) >= 11 is 0. The maximum absolute atomic E-state index is 2.74. The molecule has 10 rings (SSSR count). The summed E-state index contributed by atoms with van der Waals surface area (Å²) in [7, 11) is 0. The molecule has 5 aromatic carbocycles. The van der Waals surface area contributed by atoms with Crippen LogP contribution in [0.4, 0.5) is 22.7 Å². The molecule has 0 fully saturated rings. The van der Waals surface area contributed by atoms with Crippen LogP contribution >= 0.6 is 0 Å². The number of rotatable bonds is 6. The zero-order chi connectivity index (χ0) is 41.4. The van der Waals surface area contributed by atoms with Gasteiger partial charge in [0.25, 0.3) is 0 Å². The molecule has 6 aromatic rings. The summed E-state index contributed by atoms with van der Waals surface area (Å²) < 4.78 is 2.71. The molecule has 59 heavy (non-hydrogen) atoms. The Kier molecular flexibility index (Phi) is 8.30. The number of aryl methyl sites for hydroxylation is 5. The first-order chi connectivity index (χ1) is 28.1. The first-order valence-corrected chi connectivity index (χ1v) is 21.8. The molecule has 4 aliphatic rings. The topological polar surface area (TPSA) is 11.4 Å². The lowest BCUT2D eigenvalue weighted by molar-refractivity contribution is 0.569. The second-order valence-electron chi connectivity index (χ2n) is 19.7. The Labute approximate surface area is 351 Å². The predicted molar refractivity (Wildman–Crippen MR) is 251 cm³/mol. The molecule has 0 spiro atoms. The average molecular weight is 774 g/mol. The molecule has 3 heteroatoms. The zero-order valence-corrected chi connectivity index (χ0v) is 37.2. The van der Waals surface area contributed by atoms with Gasteiger partial charge in [0, 0.05) is 50.1 Å². The number of para-hydroxylation sites is 1. The van der Waals surface area contributed by atoms with Gasteiger partial charge in [0.2, 0.25) is 0 Å². The van der Waals surface area contributed by atoms with E-state index in [9.17, 15) is 0 Å².